The lowest BCUT2D eigenvalue weighted by Crippen LogP contribution is -2.50. The predicted octanol–water partition coefficient (Wildman–Crippen LogP) is 0.886. The smallest absolute Gasteiger partial charge is 0.225 e. The minimum atomic E-state index is 0. The molecule has 2 atom stereocenters. The second kappa shape index (κ2) is 7.09. The summed E-state index contributed by atoms with van der Waals surface area (Å²) in [6, 6.07) is 0. The standard InChI is InChI=1S/C11H22N2O2.ClH/c1-8(2)9(3)11(14)13-4-5-15-10(6-12)7-13;/h8-10H,4-7,12H2,1-3H3;1H. The Morgan fingerprint density at radius 3 is 2.62 bits per heavy atom. The number of hydrogen-bond donors (Lipinski definition) is 1. The molecule has 1 rings (SSSR count). The molecule has 4 nitrogen and oxygen atoms in total. The number of carbonyl (C=O) groups is 1. The molecule has 0 aromatic heterocycles. The van der Waals surface area contributed by atoms with E-state index in [0.717, 1.165) is 0 Å². The maximum atomic E-state index is 12.0. The van der Waals surface area contributed by atoms with Crippen molar-refractivity contribution < 1.29 is 9.53 Å². The fourth-order valence-electron chi connectivity index (χ4n) is 1.64. The van der Waals surface area contributed by atoms with Gasteiger partial charge in [-0.25, -0.2) is 0 Å². The van der Waals surface area contributed by atoms with Gasteiger partial charge in [-0.2, -0.15) is 0 Å². The van der Waals surface area contributed by atoms with Crippen LogP contribution in [0.2, 0.25) is 0 Å². The van der Waals surface area contributed by atoms with E-state index in [1.807, 2.05) is 11.8 Å². The van der Waals surface area contributed by atoms with Gasteiger partial charge < -0.3 is 15.4 Å². The van der Waals surface area contributed by atoms with E-state index in [-0.39, 0.29) is 30.3 Å². The quantitative estimate of drug-likeness (QED) is 0.809. The Morgan fingerprint density at radius 1 is 1.50 bits per heavy atom. The van der Waals surface area contributed by atoms with Crippen LogP contribution < -0.4 is 5.73 Å². The van der Waals surface area contributed by atoms with Crippen LogP contribution in [-0.2, 0) is 9.53 Å². The maximum Gasteiger partial charge on any atom is 0.225 e. The summed E-state index contributed by atoms with van der Waals surface area (Å²) in [7, 11) is 0. The molecule has 0 aliphatic carbocycles. The molecule has 0 saturated carbocycles. The Kier molecular flexibility index (Phi) is 6.95. The minimum Gasteiger partial charge on any atom is -0.373 e. The Morgan fingerprint density at radius 2 is 2.12 bits per heavy atom. The van der Waals surface area contributed by atoms with Crippen molar-refractivity contribution >= 4 is 18.3 Å². The highest BCUT2D eigenvalue weighted by atomic mass is 35.5. The lowest BCUT2D eigenvalue weighted by Gasteiger charge is -2.34. The molecule has 1 aliphatic heterocycles. The third-order valence-electron chi connectivity index (χ3n) is 3.10. The third-order valence-corrected chi connectivity index (χ3v) is 3.10. The van der Waals surface area contributed by atoms with Gasteiger partial charge in [0.1, 0.15) is 0 Å². The van der Waals surface area contributed by atoms with Crippen molar-refractivity contribution in [1.29, 1.82) is 0 Å². The van der Waals surface area contributed by atoms with E-state index in [4.69, 9.17) is 10.5 Å². The Balaban J connectivity index is 0.00000225. The summed E-state index contributed by atoms with van der Waals surface area (Å²) in [6.45, 7) is 8.57. The van der Waals surface area contributed by atoms with E-state index in [2.05, 4.69) is 13.8 Å². The average Bonchev–Trinajstić information content (AvgIpc) is 2.27. The van der Waals surface area contributed by atoms with E-state index in [9.17, 15) is 4.79 Å². The molecule has 2 unspecified atom stereocenters. The van der Waals surface area contributed by atoms with Crippen LogP contribution in [0.3, 0.4) is 0 Å². The van der Waals surface area contributed by atoms with Crippen molar-refractivity contribution in [3.05, 3.63) is 0 Å². The van der Waals surface area contributed by atoms with Crippen LogP contribution in [0.1, 0.15) is 20.8 Å². The largest absolute Gasteiger partial charge is 0.373 e. The summed E-state index contributed by atoms with van der Waals surface area (Å²) in [5, 5.41) is 0. The first-order valence-electron chi connectivity index (χ1n) is 5.66. The van der Waals surface area contributed by atoms with E-state index in [1.165, 1.54) is 0 Å². The zero-order valence-electron chi connectivity index (χ0n) is 10.3. The molecule has 0 spiro atoms. The van der Waals surface area contributed by atoms with Crippen molar-refractivity contribution in [2.24, 2.45) is 17.6 Å². The SMILES string of the molecule is CC(C)C(C)C(=O)N1CCOC(CN)C1.Cl. The van der Waals surface area contributed by atoms with Crippen molar-refractivity contribution in [2.75, 3.05) is 26.2 Å². The molecule has 2 N–H and O–H groups in total. The zero-order valence-corrected chi connectivity index (χ0v) is 11.1. The normalized spacial score (nSPS) is 22.8. The lowest BCUT2D eigenvalue weighted by atomic mass is 9.96. The van der Waals surface area contributed by atoms with Gasteiger partial charge >= 0.3 is 0 Å². The number of morpholine rings is 1. The fourth-order valence-corrected chi connectivity index (χ4v) is 1.64. The molecule has 1 saturated heterocycles. The number of hydrogen-bond acceptors (Lipinski definition) is 3. The van der Waals surface area contributed by atoms with Gasteiger partial charge in [0.05, 0.1) is 12.7 Å². The van der Waals surface area contributed by atoms with Crippen LogP contribution in [0, 0.1) is 11.8 Å². The summed E-state index contributed by atoms with van der Waals surface area (Å²) in [5.74, 6) is 0.699. The molecule has 1 heterocycles. The van der Waals surface area contributed by atoms with Gasteiger partial charge in [0.25, 0.3) is 0 Å². The van der Waals surface area contributed by atoms with E-state index in [1.54, 1.807) is 0 Å². The van der Waals surface area contributed by atoms with Crippen LogP contribution in [0.5, 0.6) is 0 Å². The minimum absolute atomic E-state index is 0. The Labute approximate surface area is 104 Å². The second-order valence-electron chi connectivity index (χ2n) is 4.55. The lowest BCUT2D eigenvalue weighted by molar-refractivity contribution is -0.143. The molecule has 0 aromatic rings. The van der Waals surface area contributed by atoms with Crippen LogP contribution in [0.4, 0.5) is 0 Å². The van der Waals surface area contributed by atoms with Gasteiger partial charge in [0.2, 0.25) is 5.91 Å². The number of carbonyl (C=O) groups excluding carboxylic acids is 1. The molecule has 5 heteroatoms. The van der Waals surface area contributed by atoms with Gasteiger partial charge in [0.15, 0.2) is 0 Å². The number of amides is 1. The number of nitrogens with two attached hydrogens (primary N) is 1. The Bertz CT molecular complexity index is 224. The summed E-state index contributed by atoms with van der Waals surface area (Å²) in [6.07, 6.45) is 0.0158. The highest BCUT2D eigenvalue weighted by molar-refractivity contribution is 5.85. The topological polar surface area (TPSA) is 55.6 Å². The second-order valence-corrected chi connectivity index (χ2v) is 4.55. The molecule has 0 bridgehead atoms. The molecule has 16 heavy (non-hydrogen) atoms. The van der Waals surface area contributed by atoms with Gasteiger partial charge in [-0.15, -0.1) is 12.4 Å². The third kappa shape index (κ3) is 3.92. The summed E-state index contributed by atoms with van der Waals surface area (Å²) in [4.78, 5) is 13.9. The molecular weight excluding hydrogens is 228 g/mol. The van der Waals surface area contributed by atoms with Crippen molar-refractivity contribution in [3.8, 4) is 0 Å². The molecule has 96 valence electrons. The molecule has 0 radical (unpaired) electrons. The van der Waals surface area contributed by atoms with E-state index < -0.39 is 0 Å². The van der Waals surface area contributed by atoms with Gasteiger partial charge in [-0.1, -0.05) is 20.8 Å². The van der Waals surface area contributed by atoms with Crippen LogP contribution in [-0.4, -0.2) is 43.2 Å². The molecule has 1 aliphatic rings. The number of rotatable bonds is 3. The predicted molar refractivity (Wildman–Crippen MR) is 66.6 cm³/mol. The van der Waals surface area contributed by atoms with Crippen LogP contribution >= 0.6 is 12.4 Å². The average molecular weight is 251 g/mol. The Hall–Kier alpha value is -0.320. The van der Waals surface area contributed by atoms with Crippen molar-refractivity contribution in [3.63, 3.8) is 0 Å². The first-order chi connectivity index (χ1) is 7.06. The van der Waals surface area contributed by atoms with Gasteiger partial charge in [-0.3, -0.25) is 4.79 Å². The highest BCUT2D eigenvalue weighted by Crippen LogP contribution is 2.15. The molecular formula is C11H23ClN2O2. The first-order valence-corrected chi connectivity index (χ1v) is 5.66. The van der Waals surface area contributed by atoms with Gasteiger partial charge in [0, 0.05) is 25.6 Å². The highest BCUT2D eigenvalue weighted by Gasteiger charge is 2.27. The van der Waals surface area contributed by atoms with Crippen molar-refractivity contribution in [1.82, 2.24) is 4.90 Å². The number of halogens is 1. The van der Waals surface area contributed by atoms with Gasteiger partial charge in [-0.05, 0) is 5.92 Å². The summed E-state index contributed by atoms with van der Waals surface area (Å²) >= 11 is 0. The summed E-state index contributed by atoms with van der Waals surface area (Å²) in [5.41, 5.74) is 5.54. The van der Waals surface area contributed by atoms with E-state index in [0.29, 0.717) is 32.2 Å². The maximum absolute atomic E-state index is 12.0. The van der Waals surface area contributed by atoms with Crippen molar-refractivity contribution in [2.45, 2.75) is 26.9 Å². The van der Waals surface area contributed by atoms with E-state index >= 15 is 0 Å². The monoisotopic (exact) mass is 250 g/mol. The molecule has 0 aromatic carbocycles. The summed E-state index contributed by atoms with van der Waals surface area (Å²) < 4.78 is 5.43. The zero-order chi connectivity index (χ0) is 11.4. The molecule has 1 amide bonds. The molecule has 1 fully saturated rings. The number of nitrogens with zero attached hydrogens (tertiary/aromatic N) is 1. The van der Waals surface area contributed by atoms with Crippen LogP contribution in [0.15, 0.2) is 0 Å². The fraction of sp³-hybridized carbons (Fsp3) is 0.909. The van der Waals surface area contributed by atoms with Crippen LogP contribution in [0.25, 0.3) is 0 Å². The number of ether oxygens (including phenoxy) is 1. The first kappa shape index (κ1) is 15.7.